The first-order chi connectivity index (χ1) is 20.7. The average molecular weight is 624 g/mol. The van der Waals surface area contributed by atoms with E-state index in [9.17, 15) is 4.79 Å². The molecule has 256 valence electrons. The Hall–Kier alpha value is -1.87. The summed E-state index contributed by atoms with van der Waals surface area (Å²) in [5.41, 5.74) is 8.31. The lowest BCUT2D eigenvalue weighted by molar-refractivity contribution is -0.142. The number of benzene rings is 1. The summed E-state index contributed by atoms with van der Waals surface area (Å²) < 4.78 is 17.3. The molecule has 0 radical (unpaired) electrons. The first-order valence-corrected chi connectivity index (χ1v) is 16.8. The molecular formula is C36H65NO7. The molecule has 5 N–H and O–H groups in total. The van der Waals surface area contributed by atoms with E-state index in [4.69, 9.17) is 35.3 Å². The van der Waals surface area contributed by atoms with Crippen molar-refractivity contribution in [2.45, 2.75) is 137 Å². The highest BCUT2D eigenvalue weighted by atomic mass is 16.6. The van der Waals surface area contributed by atoms with Crippen molar-refractivity contribution in [1.82, 2.24) is 0 Å². The maximum Gasteiger partial charge on any atom is 0.343 e. The molecule has 0 saturated carbocycles. The highest BCUT2D eigenvalue weighted by Crippen LogP contribution is 2.45. The third-order valence-corrected chi connectivity index (χ3v) is 9.34. The van der Waals surface area contributed by atoms with Gasteiger partial charge in [-0.15, -0.1) is 0 Å². The van der Waals surface area contributed by atoms with Crippen LogP contribution in [0.25, 0.3) is 0 Å². The minimum atomic E-state index is -1.21. The van der Waals surface area contributed by atoms with Crippen LogP contribution in [0.3, 0.4) is 0 Å². The molecule has 1 aliphatic rings. The van der Waals surface area contributed by atoms with Crippen LogP contribution in [0.5, 0.6) is 11.5 Å². The van der Waals surface area contributed by atoms with Gasteiger partial charge in [0.05, 0.1) is 32.5 Å². The standard InChI is InChI=1S/C32H54O4.C4H11NO3/c1-22(2)13-10-14-23(3)15-11-16-24(4)17-12-19-32(8)20-18-28-27(7)30(35-21-29(33)34-9)25(5)26(6)31(28)36-32;5-4(1-6,2-7)3-8/h22-24H,10-21H2,1-9H3;6-8H,1-3,5H2. The number of fused-ring (bicyclic) bond motifs is 1. The number of ether oxygens (including phenoxy) is 3. The Morgan fingerprint density at radius 1 is 0.886 bits per heavy atom. The maximum absolute atomic E-state index is 11.6. The molecule has 1 heterocycles. The molecular weight excluding hydrogens is 558 g/mol. The zero-order chi connectivity index (χ0) is 33.5. The average Bonchev–Trinajstić information content (AvgIpc) is 2.99. The van der Waals surface area contributed by atoms with Crippen LogP contribution >= 0.6 is 0 Å². The number of nitrogens with two attached hydrogens (primary N) is 1. The number of aliphatic hydroxyl groups excluding tert-OH is 3. The lowest BCUT2D eigenvalue weighted by atomic mass is 9.83. The first-order valence-electron chi connectivity index (χ1n) is 16.8. The highest BCUT2D eigenvalue weighted by molar-refractivity contribution is 5.71. The second-order valence-electron chi connectivity index (χ2n) is 14.1. The number of rotatable bonds is 18. The van der Waals surface area contributed by atoms with Gasteiger partial charge < -0.3 is 35.3 Å². The van der Waals surface area contributed by atoms with Crippen LogP contribution in [0.15, 0.2) is 0 Å². The van der Waals surface area contributed by atoms with E-state index in [0.717, 1.165) is 65.2 Å². The van der Waals surface area contributed by atoms with Crippen LogP contribution in [0.4, 0.5) is 0 Å². The molecule has 1 aromatic rings. The fraction of sp³-hybridized carbons (Fsp3) is 0.806. The Balaban J connectivity index is 0.00000106. The van der Waals surface area contributed by atoms with Gasteiger partial charge in [0.1, 0.15) is 17.1 Å². The lowest BCUT2D eigenvalue weighted by Gasteiger charge is -2.38. The molecule has 0 aromatic heterocycles. The van der Waals surface area contributed by atoms with Crippen molar-refractivity contribution in [2.24, 2.45) is 23.5 Å². The lowest BCUT2D eigenvalue weighted by Crippen LogP contribution is -2.50. The summed E-state index contributed by atoms with van der Waals surface area (Å²) in [7, 11) is 1.38. The number of methoxy groups -OCH3 is 1. The van der Waals surface area contributed by atoms with Crippen LogP contribution in [-0.2, 0) is 16.0 Å². The van der Waals surface area contributed by atoms with Crippen molar-refractivity contribution in [3.8, 4) is 11.5 Å². The summed E-state index contributed by atoms with van der Waals surface area (Å²) in [6, 6.07) is 0. The number of carbonyl (C=O) groups excluding carboxylic acids is 1. The van der Waals surface area contributed by atoms with Crippen molar-refractivity contribution < 1.29 is 34.3 Å². The first kappa shape index (κ1) is 40.2. The molecule has 3 atom stereocenters. The van der Waals surface area contributed by atoms with Crippen LogP contribution in [0.2, 0.25) is 0 Å². The summed E-state index contributed by atoms with van der Waals surface area (Å²) in [5, 5.41) is 25.0. The van der Waals surface area contributed by atoms with Gasteiger partial charge in [0.25, 0.3) is 0 Å². The van der Waals surface area contributed by atoms with Crippen LogP contribution < -0.4 is 15.2 Å². The third kappa shape index (κ3) is 13.2. The fourth-order valence-corrected chi connectivity index (χ4v) is 5.82. The van der Waals surface area contributed by atoms with E-state index in [1.165, 1.54) is 64.0 Å². The SMILES string of the molecule is COC(=O)COc1c(C)c(C)c2c(c1C)CCC(C)(CCCC(C)CCCC(C)CCCC(C)C)O2.NC(CO)(CO)CO. The van der Waals surface area contributed by atoms with Gasteiger partial charge in [-0.3, -0.25) is 0 Å². The van der Waals surface area contributed by atoms with Gasteiger partial charge in [0.2, 0.25) is 0 Å². The van der Waals surface area contributed by atoms with Gasteiger partial charge in [-0.25, -0.2) is 4.79 Å². The van der Waals surface area contributed by atoms with Crippen molar-refractivity contribution >= 4 is 5.97 Å². The monoisotopic (exact) mass is 623 g/mol. The minimum Gasteiger partial charge on any atom is -0.487 e. The van der Waals surface area contributed by atoms with Gasteiger partial charge in [0, 0.05) is 5.56 Å². The highest BCUT2D eigenvalue weighted by Gasteiger charge is 2.34. The summed E-state index contributed by atoms with van der Waals surface area (Å²) in [4.78, 5) is 11.6. The van der Waals surface area contributed by atoms with Crippen molar-refractivity contribution in [2.75, 3.05) is 33.5 Å². The van der Waals surface area contributed by atoms with Crippen LogP contribution in [0.1, 0.15) is 121 Å². The van der Waals surface area contributed by atoms with Gasteiger partial charge in [-0.1, -0.05) is 72.6 Å². The zero-order valence-electron chi connectivity index (χ0n) is 29.4. The van der Waals surface area contributed by atoms with Crippen molar-refractivity contribution in [1.29, 1.82) is 0 Å². The molecule has 0 fully saturated rings. The Morgan fingerprint density at radius 3 is 1.89 bits per heavy atom. The number of hydrogen-bond donors (Lipinski definition) is 4. The molecule has 0 spiro atoms. The van der Waals surface area contributed by atoms with Gasteiger partial charge >= 0.3 is 5.97 Å². The summed E-state index contributed by atoms with van der Waals surface area (Å²) in [6.07, 6.45) is 13.8. The zero-order valence-corrected chi connectivity index (χ0v) is 29.4. The molecule has 44 heavy (non-hydrogen) atoms. The van der Waals surface area contributed by atoms with Gasteiger partial charge in [-0.05, 0) is 87.8 Å². The molecule has 0 bridgehead atoms. The predicted molar refractivity (Wildman–Crippen MR) is 178 cm³/mol. The van der Waals surface area contributed by atoms with E-state index in [-0.39, 0.29) is 18.2 Å². The van der Waals surface area contributed by atoms with Crippen molar-refractivity contribution in [3.05, 3.63) is 22.3 Å². The largest absolute Gasteiger partial charge is 0.487 e. The number of hydrogen-bond acceptors (Lipinski definition) is 8. The molecule has 0 amide bonds. The molecule has 0 saturated heterocycles. The molecule has 0 aliphatic carbocycles. The summed E-state index contributed by atoms with van der Waals surface area (Å²) in [5.74, 6) is 3.95. The Labute approximate surface area is 268 Å². The third-order valence-electron chi connectivity index (χ3n) is 9.34. The summed E-state index contributed by atoms with van der Waals surface area (Å²) >= 11 is 0. The van der Waals surface area contributed by atoms with Crippen LogP contribution in [0, 0.1) is 38.5 Å². The van der Waals surface area contributed by atoms with E-state index in [1.54, 1.807) is 0 Å². The maximum atomic E-state index is 11.6. The van der Waals surface area contributed by atoms with Crippen LogP contribution in [-0.4, -0.2) is 66.0 Å². The number of esters is 1. The number of aliphatic hydroxyl groups is 3. The van der Waals surface area contributed by atoms with Gasteiger partial charge in [-0.2, -0.15) is 0 Å². The number of carbonyl (C=O) groups is 1. The molecule has 1 aliphatic heterocycles. The molecule has 3 unspecified atom stereocenters. The Kier molecular flexibility index (Phi) is 17.9. The van der Waals surface area contributed by atoms with Gasteiger partial charge in [0.15, 0.2) is 6.61 Å². The van der Waals surface area contributed by atoms with E-state index < -0.39 is 25.4 Å². The minimum absolute atomic E-state index is 0.0653. The smallest absolute Gasteiger partial charge is 0.343 e. The van der Waals surface area contributed by atoms with E-state index in [0.29, 0.717) is 0 Å². The summed E-state index contributed by atoms with van der Waals surface area (Å²) in [6.45, 7) is 16.8. The van der Waals surface area contributed by atoms with E-state index in [1.807, 2.05) is 0 Å². The second-order valence-corrected chi connectivity index (χ2v) is 14.1. The topological polar surface area (TPSA) is 131 Å². The molecule has 8 heteroatoms. The fourth-order valence-electron chi connectivity index (χ4n) is 5.82. The van der Waals surface area contributed by atoms with E-state index in [2.05, 4.69) is 55.4 Å². The predicted octanol–water partition coefficient (Wildman–Crippen LogP) is 6.35. The molecule has 8 nitrogen and oxygen atoms in total. The van der Waals surface area contributed by atoms with E-state index >= 15 is 0 Å². The quantitative estimate of drug-likeness (QED) is 0.139. The Bertz CT molecular complexity index is 983. The normalized spacial score (nSPS) is 17.7. The Morgan fingerprint density at radius 2 is 1.41 bits per heavy atom. The second kappa shape index (κ2) is 19.6. The molecule has 1 aromatic carbocycles. The van der Waals surface area contributed by atoms with Crippen molar-refractivity contribution in [3.63, 3.8) is 0 Å². The molecule has 2 rings (SSSR count).